The van der Waals surface area contributed by atoms with Crippen LogP contribution in [-0.2, 0) is 15.8 Å². The van der Waals surface area contributed by atoms with Gasteiger partial charge in [0.2, 0.25) is 16.0 Å². The first kappa shape index (κ1) is 30.1. The summed E-state index contributed by atoms with van der Waals surface area (Å²) in [5, 5.41) is 12.4. The number of fused-ring (bicyclic) bond motifs is 1. The second kappa shape index (κ2) is 12.4. The van der Waals surface area contributed by atoms with Gasteiger partial charge in [-0.05, 0) is 83.5 Å². The molecule has 3 aromatic heterocycles. The number of aromatic nitrogens is 5. The molecule has 0 amide bonds. The fourth-order valence-electron chi connectivity index (χ4n) is 5.34. The highest BCUT2D eigenvalue weighted by Crippen LogP contribution is 2.25. The lowest BCUT2D eigenvalue weighted by atomic mass is 9.91. The molecular formula is C30H35N9O3S. The van der Waals surface area contributed by atoms with E-state index in [-0.39, 0.29) is 34.9 Å². The number of hydrogen-bond acceptors (Lipinski definition) is 10. The van der Waals surface area contributed by atoms with Gasteiger partial charge in [-0.3, -0.25) is 14.1 Å². The lowest BCUT2D eigenvalue weighted by Gasteiger charge is -2.32. The molecule has 0 bridgehead atoms. The van der Waals surface area contributed by atoms with Crippen LogP contribution < -0.4 is 15.6 Å². The predicted molar refractivity (Wildman–Crippen MR) is 166 cm³/mol. The van der Waals surface area contributed by atoms with Gasteiger partial charge in [0.1, 0.15) is 17.0 Å². The molecule has 2 N–H and O–H groups in total. The Balaban J connectivity index is 1.36. The SMILES string of the molecule is CC(C)n1c(=O)c(-c2ccc(NS(=O)(=O)Cc3ccc(C#N)cc3)nc2)nc2cnc(NC3CCC(N(C)C)CC3)nc21. The minimum Gasteiger partial charge on any atom is -0.351 e. The second-order valence-corrected chi connectivity index (χ2v) is 13.1. The van der Waals surface area contributed by atoms with Crippen molar-refractivity contribution in [3.63, 3.8) is 0 Å². The Morgan fingerprint density at radius 3 is 2.35 bits per heavy atom. The summed E-state index contributed by atoms with van der Waals surface area (Å²) in [5.74, 6) is 0.311. The highest BCUT2D eigenvalue weighted by Gasteiger charge is 2.24. The summed E-state index contributed by atoms with van der Waals surface area (Å²) in [5.41, 5.74) is 2.19. The first-order valence-corrected chi connectivity index (χ1v) is 15.9. The molecule has 0 spiro atoms. The van der Waals surface area contributed by atoms with Crippen LogP contribution in [0, 0.1) is 11.3 Å². The van der Waals surface area contributed by atoms with E-state index in [1.165, 1.54) is 12.3 Å². The molecule has 1 aliphatic carbocycles. The van der Waals surface area contributed by atoms with Crippen molar-refractivity contribution >= 4 is 33.0 Å². The third kappa shape index (κ3) is 6.98. The lowest BCUT2D eigenvalue weighted by molar-refractivity contribution is 0.221. The van der Waals surface area contributed by atoms with Crippen LogP contribution in [0.3, 0.4) is 0 Å². The minimum atomic E-state index is -3.76. The smallest absolute Gasteiger partial charge is 0.279 e. The molecule has 43 heavy (non-hydrogen) atoms. The average Bonchev–Trinajstić information content (AvgIpc) is 2.97. The standard InChI is InChI=1S/C30H35N9O3S/c1-19(2)39-28-25(17-33-30(36-28)34-23-10-12-24(13-11-23)38(3)4)35-27(29(39)40)22-9-14-26(32-16-22)37-43(41,42)18-21-7-5-20(15-31)6-8-21/h5-9,14,16-17,19,23-24H,10-13,18H2,1-4H3,(H,32,37)(H,33,34,36). The Labute approximate surface area is 250 Å². The molecule has 0 atom stereocenters. The van der Waals surface area contributed by atoms with Crippen molar-refractivity contribution in [3.8, 4) is 17.3 Å². The van der Waals surface area contributed by atoms with Crippen LogP contribution in [0.2, 0.25) is 0 Å². The molecule has 4 aromatic rings. The van der Waals surface area contributed by atoms with E-state index < -0.39 is 10.0 Å². The van der Waals surface area contributed by atoms with Crippen LogP contribution in [-0.4, -0.2) is 64.0 Å². The number of benzene rings is 1. The van der Waals surface area contributed by atoms with E-state index in [0.717, 1.165) is 25.7 Å². The maximum atomic E-state index is 13.6. The number of nitrogens with one attached hydrogen (secondary N) is 2. The number of sulfonamides is 1. The van der Waals surface area contributed by atoms with Crippen LogP contribution >= 0.6 is 0 Å². The van der Waals surface area contributed by atoms with Gasteiger partial charge in [-0.25, -0.2) is 23.4 Å². The van der Waals surface area contributed by atoms with E-state index in [2.05, 4.69) is 44.0 Å². The summed E-state index contributed by atoms with van der Waals surface area (Å²) in [6.07, 6.45) is 7.29. The zero-order valence-corrected chi connectivity index (χ0v) is 25.5. The monoisotopic (exact) mass is 601 g/mol. The van der Waals surface area contributed by atoms with Crippen molar-refractivity contribution in [3.05, 3.63) is 70.3 Å². The number of nitrogens with zero attached hydrogens (tertiary/aromatic N) is 7. The van der Waals surface area contributed by atoms with E-state index in [4.69, 9.17) is 10.2 Å². The van der Waals surface area contributed by atoms with E-state index in [1.54, 1.807) is 41.1 Å². The molecule has 0 saturated heterocycles. The van der Waals surface area contributed by atoms with Gasteiger partial charge in [0.15, 0.2) is 5.65 Å². The highest BCUT2D eigenvalue weighted by atomic mass is 32.2. The van der Waals surface area contributed by atoms with Gasteiger partial charge in [-0.1, -0.05) is 12.1 Å². The van der Waals surface area contributed by atoms with Crippen LogP contribution in [0.25, 0.3) is 22.4 Å². The van der Waals surface area contributed by atoms with Crippen molar-refractivity contribution in [1.29, 1.82) is 5.26 Å². The molecular weight excluding hydrogens is 566 g/mol. The third-order valence-corrected chi connectivity index (χ3v) is 8.88. The van der Waals surface area contributed by atoms with Crippen molar-refractivity contribution in [2.45, 2.75) is 63.4 Å². The number of hydrogen-bond donors (Lipinski definition) is 2. The van der Waals surface area contributed by atoms with Crippen molar-refractivity contribution < 1.29 is 8.42 Å². The summed E-state index contributed by atoms with van der Waals surface area (Å²) >= 11 is 0. The zero-order valence-electron chi connectivity index (χ0n) is 24.6. The van der Waals surface area contributed by atoms with E-state index >= 15 is 0 Å². The highest BCUT2D eigenvalue weighted by molar-refractivity contribution is 7.91. The Hall–Kier alpha value is -4.41. The molecule has 3 heterocycles. The molecule has 1 aromatic carbocycles. The molecule has 1 aliphatic rings. The molecule has 0 radical (unpaired) electrons. The molecule has 5 rings (SSSR count). The summed E-state index contributed by atoms with van der Waals surface area (Å²) in [6, 6.07) is 12.1. The number of pyridine rings is 1. The third-order valence-electron chi connectivity index (χ3n) is 7.65. The van der Waals surface area contributed by atoms with Gasteiger partial charge in [0.25, 0.3) is 5.56 Å². The second-order valence-electron chi connectivity index (χ2n) is 11.3. The fourth-order valence-corrected chi connectivity index (χ4v) is 6.48. The molecule has 0 unspecified atom stereocenters. The molecule has 1 fully saturated rings. The summed E-state index contributed by atoms with van der Waals surface area (Å²) in [7, 11) is 0.468. The Kier molecular flexibility index (Phi) is 8.70. The van der Waals surface area contributed by atoms with Crippen LogP contribution in [0.5, 0.6) is 0 Å². The van der Waals surface area contributed by atoms with Gasteiger partial charge >= 0.3 is 0 Å². The van der Waals surface area contributed by atoms with Gasteiger partial charge < -0.3 is 10.2 Å². The maximum absolute atomic E-state index is 13.6. The van der Waals surface area contributed by atoms with Crippen molar-refractivity contribution in [2.75, 3.05) is 24.1 Å². The van der Waals surface area contributed by atoms with Crippen LogP contribution in [0.15, 0.2) is 53.6 Å². The Morgan fingerprint density at radius 2 is 1.74 bits per heavy atom. The van der Waals surface area contributed by atoms with Gasteiger partial charge in [0, 0.05) is 29.9 Å². The average molecular weight is 602 g/mol. The van der Waals surface area contributed by atoms with Gasteiger partial charge in [-0.15, -0.1) is 0 Å². The van der Waals surface area contributed by atoms with Crippen LogP contribution in [0.4, 0.5) is 11.8 Å². The summed E-state index contributed by atoms with van der Waals surface area (Å²) in [4.78, 5) is 33.9. The normalized spacial score (nSPS) is 17.2. The minimum absolute atomic E-state index is 0.112. The Morgan fingerprint density at radius 1 is 1.02 bits per heavy atom. The first-order chi connectivity index (χ1) is 20.5. The van der Waals surface area contributed by atoms with E-state index in [1.807, 2.05) is 19.9 Å². The topological polar surface area (TPSA) is 159 Å². The first-order valence-electron chi connectivity index (χ1n) is 14.2. The van der Waals surface area contributed by atoms with Crippen molar-refractivity contribution in [2.24, 2.45) is 0 Å². The number of rotatable bonds is 9. The molecule has 0 aliphatic heterocycles. The largest absolute Gasteiger partial charge is 0.351 e. The summed E-state index contributed by atoms with van der Waals surface area (Å²) < 4.78 is 29.4. The van der Waals surface area contributed by atoms with Crippen molar-refractivity contribution in [1.82, 2.24) is 29.4 Å². The lowest BCUT2D eigenvalue weighted by Crippen LogP contribution is -2.36. The van der Waals surface area contributed by atoms with Gasteiger partial charge in [0.05, 0.1) is 23.6 Å². The molecule has 1 saturated carbocycles. The Bertz CT molecular complexity index is 1810. The molecule has 12 nitrogen and oxygen atoms in total. The van der Waals surface area contributed by atoms with Crippen LogP contribution in [0.1, 0.15) is 56.7 Å². The van der Waals surface area contributed by atoms with E-state index in [9.17, 15) is 13.2 Å². The molecule has 224 valence electrons. The quantitative estimate of drug-likeness (QED) is 0.288. The van der Waals surface area contributed by atoms with Gasteiger partial charge in [-0.2, -0.15) is 10.2 Å². The number of anilines is 2. The number of nitriles is 1. The summed E-state index contributed by atoms with van der Waals surface area (Å²) in [6.45, 7) is 3.82. The molecule has 13 heteroatoms. The predicted octanol–water partition coefficient (Wildman–Crippen LogP) is 3.93. The fraction of sp³-hybridized carbons (Fsp3) is 0.400. The zero-order chi connectivity index (χ0) is 30.7. The maximum Gasteiger partial charge on any atom is 0.279 e. The van der Waals surface area contributed by atoms with E-state index in [0.29, 0.717) is 39.8 Å².